The molecule has 2 atom stereocenters. The molecule has 5 heteroatoms. The molecule has 2 rings (SSSR count). The number of phenolic OH excluding ortho intramolecular Hbond substituents is 2. The van der Waals surface area contributed by atoms with Gasteiger partial charge < -0.3 is 20.4 Å². The van der Waals surface area contributed by atoms with E-state index in [4.69, 9.17) is 0 Å². The van der Waals surface area contributed by atoms with Crippen LogP contribution in [0.5, 0.6) is 11.5 Å². The first kappa shape index (κ1) is 12.7. The monoisotopic (exact) mass is 250 g/mol. The Hall–Kier alpha value is -1.75. The fraction of sp³-hybridized carbons (Fsp3) is 0.462. The molecule has 1 amide bonds. The molecule has 1 aromatic rings. The van der Waals surface area contributed by atoms with Crippen molar-refractivity contribution < 1.29 is 15.0 Å². The van der Waals surface area contributed by atoms with E-state index in [9.17, 15) is 15.0 Å². The minimum absolute atomic E-state index is 0.0886. The quantitative estimate of drug-likeness (QED) is 0.693. The Labute approximate surface area is 106 Å². The first-order valence-corrected chi connectivity index (χ1v) is 6.05. The largest absolute Gasteiger partial charge is 0.508 e. The summed E-state index contributed by atoms with van der Waals surface area (Å²) in [6.07, 6.45) is 0. The number of hydrogen-bond acceptors (Lipinski definition) is 4. The summed E-state index contributed by atoms with van der Waals surface area (Å²) in [6.45, 7) is 5.45. The van der Waals surface area contributed by atoms with Crippen molar-refractivity contribution in [2.75, 3.05) is 13.1 Å². The summed E-state index contributed by atoms with van der Waals surface area (Å²) in [5, 5.41) is 22.1. The van der Waals surface area contributed by atoms with Crippen LogP contribution in [0.1, 0.15) is 24.2 Å². The number of nitrogens with zero attached hydrogens (tertiary/aromatic N) is 1. The third kappa shape index (κ3) is 2.41. The zero-order valence-corrected chi connectivity index (χ0v) is 10.6. The molecule has 1 aliphatic rings. The predicted molar refractivity (Wildman–Crippen MR) is 67.7 cm³/mol. The van der Waals surface area contributed by atoms with Crippen LogP contribution in [0.25, 0.3) is 0 Å². The van der Waals surface area contributed by atoms with Crippen LogP contribution in [-0.4, -0.2) is 46.2 Å². The average molecular weight is 250 g/mol. The Bertz CT molecular complexity index is 431. The molecule has 0 aromatic heterocycles. The number of rotatable bonds is 1. The van der Waals surface area contributed by atoms with Crippen LogP contribution in [0.4, 0.5) is 0 Å². The Kier molecular flexibility index (Phi) is 3.43. The molecular weight excluding hydrogens is 232 g/mol. The number of carbonyl (C=O) groups excluding carboxylic acids is 1. The number of carbonyl (C=O) groups is 1. The average Bonchev–Trinajstić information content (AvgIpc) is 2.27. The van der Waals surface area contributed by atoms with Gasteiger partial charge in [-0.2, -0.15) is 0 Å². The maximum Gasteiger partial charge on any atom is 0.254 e. The highest BCUT2D eigenvalue weighted by molar-refractivity contribution is 5.95. The normalized spacial score (nSPS) is 24.0. The molecule has 1 aliphatic heterocycles. The van der Waals surface area contributed by atoms with Gasteiger partial charge in [0.15, 0.2) is 0 Å². The lowest BCUT2D eigenvalue weighted by atomic mass is 10.1. The summed E-state index contributed by atoms with van der Waals surface area (Å²) in [6, 6.07) is 4.14. The van der Waals surface area contributed by atoms with Crippen LogP contribution in [0.15, 0.2) is 18.2 Å². The van der Waals surface area contributed by atoms with Crippen molar-refractivity contribution in [2.24, 2.45) is 0 Å². The zero-order chi connectivity index (χ0) is 13.3. The number of aromatic hydroxyl groups is 2. The standard InChI is InChI=1S/C13H18N2O3/c1-8-6-14-7-9(2)15(8)13(18)10-3-11(16)5-12(17)4-10/h3-5,8-9,14,16-17H,6-7H2,1-2H3. The van der Waals surface area contributed by atoms with Crippen molar-refractivity contribution in [2.45, 2.75) is 25.9 Å². The lowest BCUT2D eigenvalue weighted by molar-refractivity contribution is 0.0543. The second kappa shape index (κ2) is 4.86. The van der Waals surface area contributed by atoms with E-state index in [2.05, 4.69) is 5.32 Å². The molecule has 1 heterocycles. The van der Waals surface area contributed by atoms with Crippen LogP contribution in [-0.2, 0) is 0 Å². The van der Waals surface area contributed by atoms with Crippen molar-refractivity contribution in [1.82, 2.24) is 10.2 Å². The molecule has 0 aliphatic carbocycles. The van der Waals surface area contributed by atoms with Gasteiger partial charge in [-0.1, -0.05) is 0 Å². The molecule has 18 heavy (non-hydrogen) atoms. The van der Waals surface area contributed by atoms with E-state index >= 15 is 0 Å². The van der Waals surface area contributed by atoms with Crippen molar-refractivity contribution in [3.63, 3.8) is 0 Å². The molecule has 0 saturated carbocycles. The first-order chi connectivity index (χ1) is 8.49. The number of phenols is 2. The van der Waals surface area contributed by atoms with E-state index in [1.54, 1.807) is 4.90 Å². The molecule has 0 radical (unpaired) electrons. The van der Waals surface area contributed by atoms with E-state index in [1.165, 1.54) is 18.2 Å². The maximum absolute atomic E-state index is 12.4. The highest BCUT2D eigenvalue weighted by Crippen LogP contribution is 2.23. The van der Waals surface area contributed by atoms with Gasteiger partial charge in [-0.25, -0.2) is 0 Å². The maximum atomic E-state index is 12.4. The smallest absolute Gasteiger partial charge is 0.254 e. The van der Waals surface area contributed by atoms with Gasteiger partial charge in [0.1, 0.15) is 11.5 Å². The third-order valence-electron chi connectivity index (χ3n) is 3.21. The van der Waals surface area contributed by atoms with Crippen molar-refractivity contribution in [3.05, 3.63) is 23.8 Å². The van der Waals surface area contributed by atoms with Gasteiger partial charge in [0.05, 0.1) is 0 Å². The molecule has 2 unspecified atom stereocenters. The zero-order valence-electron chi connectivity index (χ0n) is 10.6. The molecule has 3 N–H and O–H groups in total. The highest BCUT2D eigenvalue weighted by atomic mass is 16.3. The third-order valence-corrected chi connectivity index (χ3v) is 3.21. The van der Waals surface area contributed by atoms with Gasteiger partial charge >= 0.3 is 0 Å². The number of amides is 1. The second-order valence-corrected chi connectivity index (χ2v) is 4.81. The minimum atomic E-state index is -0.164. The summed E-state index contributed by atoms with van der Waals surface area (Å²) in [5.74, 6) is -0.370. The van der Waals surface area contributed by atoms with Gasteiger partial charge in [0.25, 0.3) is 5.91 Å². The number of nitrogens with one attached hydrogen (secondary N) is 1. The lowest BCUT2D eigenvalue weighted by Crippen LogP contribution is -2.57. The van der Waals surface area contributed by atoms with Crippen LogP contribution >= 0.6 is 0 Å². The van der Waals surface area contributed by atoms with E-state index < -0.39 is 0 Å². The summed E-state index contributed by atoms with van der Waals surface area (Å²) < 4.78 is 0. The fourth-order valence-corrected chi connectivity index (χ4v) is 2.40. The second-order valence-electron chi connectivity index (χ2n) is 4.81. The van der Waals surface area contributed by atoms with Gasteiger partial charge in [-0.05, 0) is 26.0 Å². The Balaban J connectivity index is 2.29. The van der Waals surface area contributed by atoms with Gasteiger partial charge in [-0.3, -0.25) is 4.79 Å². The minimum Gasteiger partial charge on any atom is -0.508 e. The predicted octanol–water partition coefficient (Wildman–Crippen LogP) is 0.920. The number of benzene rings is 1. The van der Waals surface area contributed by atoms with E-state index in [-0.39, 0.29) is 29.5 Å². The number of hydrogen-bond donors (Lipinski definition) is 3. The molecule has 1 fully saturated rings. The molecular formula is C13H18N2O3. The fourth-order valence-electron chi connectivity index (χ4n) is 2.40. The van der Waals surface area contributed by atoms with Gasteiger partial charge in [0, 0.05) is 36.8 Å². The summed E-state index contributed by atoms with van der Waals surface area (Å²) in [4.78, 5) is 14.2. The lowest BCUT2D eigenvalue weighted by Gasteiger charge is -2.39. The molecule has 0 spiro atoms. The Morgan fingerprint density at radius 1 is 1.17 bits per heavy atom. The van der Waals surface area contributed by atoms with E-state index in [0.717, 1.165) is 13.1 Å². The van der Waals surface area contributed by atoms with Crippen molar-refractivity contribution >= 4 is 5.91 Å². The highest BCUT2D eigenvalue weighted by Gasteiger charge is 2.29. The number of piperazine rings is 1. The first-order valence-electron chi connectivity index (χ1n) is 6.05. The van der Waals surface area contributed by atoms with E-state index in [1.807, 2.05) is 13.8 Å². The molecule has 0 bridgehead atoms. The molecule has 1 aromatic carbocycles. The Morgan fingerprint density at radius 2 is 1.67 bits per heavy atom. The summed E-state index contributed by atoms with van der Waals surface area (Å²) in [5.41, 5.74) is 0.313. The Morgan fingerprint density at radius 3 is 2.17 bits per heavy atom. The molecule has 5 nitrogen and oxygen atoms in total. The summed E-state index contributed by atoms with van der Waals surface area (Å²) >= 11 is 0. The molecule has 1 saturated heterocycles. The molecule has 98 valence electrons. The van der Waals surface area contributed by atoms with Crippen molar-refractivity contribution in [1.29, 1.82) is 0 Å². The van der Waals surface area contributed by atoms with Crippen molar-refractivity contribution in [3.8, 4) is 11.5 Å². The van der Waals surface area contributed by atoms with Crippen LogP contribution in [0.2, 0.25) is 0 Å². The SMILES string of the molecule is CC1CNCC(C)N1C(=O)c1cc(O)cc(O)c1. The van der Waals surface area contributed by atoms with Gasteiger partial charge in [0.2, 0.25) is 0 Å². The van der Waals surface area contributed by atoms with E-state index in [0.29, 0.717) is 5.56 Å². The topological polar surface area (TPSA) is 72.8 Å². The van der Waals surface area contributed by atoms with Crippen LogP contribution in [0, 0.1) is 0 Å². The van der Waals surface area contributed by atoms with Crippen LogP contribution in [0.3, 0.4) is 0 Å². The van der Waals surface area contributed by atoms with Gasteiger partial charge in [-0.15, -0.1) is 0 Å². The van der Waals surface area contributed by atoms with Crippen LogP contribution < -0.4 is 5.32 Å². The summed E-state index contributed by atoms with van der Waals surface area (Å²) in [7, 11) is 0.